The van der Waals surface area contributed by atoms with E-state index in [0.717, 1.165) is 58.5 Å². The topological polar surface area (TPSA) is 48.4 Å². The van der Waals surface area contributed by atoms with Gasteiger partial charge < -0.3 is 9.47 Å². The summed E-state index contributed by atoms with van der Waals surface area (Å²) in [6.45, 7) is 7.19. The van der Waals surface area contributed by atoms with Crippen LogP contribution in [0.4, 0.5) is 0 Å². The number of pyridine rings is 1. The molecule has 2 rings (SSSR count). The van der Waals surface area contributed by atoms with Crippen molar-refractivity contribution in [3.63, 3.8) is 0 Å². The van der Waals surface area contributed by atoms with Gasteiger partial charge in [-0.15, -0.1) is 0 Å². The van der Waals surface area contributed by atoms with Crippen molar-refractivity contribution in [2.75, 3.05) is 13.7 Å². The maximum atomic E-state index is 11.4. The highest BCUT2D eigenvalue weighted by Crippen LogP contribution is 2.19. The third kappa shape index (κ3) is 4.42. The molecule has 1 aromatic heterocycles. The van der Waals surface area contributed by atoms with Gasteiger partial charge in [-0.25, -0.2) is 0 Å². The number of methoxy groups -OCH3 is 1. The molecule has 0 fully saturated rings. The first-order chi connectivity index (χ1) is 11.6. The van der Waals surface area contributed by atoms with Crippen LogP contribution in [0.15, 0.2) is 24.3 Å². The van der Waals surface area contributed by atoms with Crippen molar-refractivity contribution in [2.24, 2.45) is 0 Å². The van der Waals surface area contributed by atoms with Gasteiger partial charge in [-0.2, -0.15) is 0 Å². The first-order valence-electron chi connectivity index (χ1n) is 8.19. The van der Waals surface area contributed by atoms with E-state index >= 15 is 0 Å². The van der Waals surface area contributed by atoms with Crippen molar-refractivity contribution in [3.05, 3.63) is 57.9 Å². The maximum absolute atomic E-state index is 11.4. The summed E-state index contributed by atoms with van der Waals surface area (Å²) in [5, 5.41) is 0. The largest absolute Gasteiger partial charge is 0.497 e. The van der Waals surface area contributed by atoms with Crippen molar-refractivity contribution in [1.29, 1.82) is 0 Å². The second-order valence-electron chi connectivity index (χ2n) is 5.93. The average Bonchev–Trinajstić information content (AvgIpc) is 2.60. The molecule has 4 heteroatoms. The van der Waals surface area contributed by atoms with Crippen LogP contribution in [0.2, 0.25) is 0 Å². The molecule has 0 spiro atoms. The smallest absolute Gasteiger partial charge is 0.152 e. The van der Waals surface area contributed by atoms with Crippen LogP contribution >= 0.6 is 0 Å². The maximum Gasteiger partial charge on any atom is 0.152 e. The lowest BCUT2D eigenvalue weighted by atomic mass is 9.99. The standard InChI is InChI=1S/C20H25NO3/c1-14-15(2)19(12-22)20(21-16(14)3)6-5-11-24-13-17-7-9-18(23-4)10-8-17/h7-10,12H,5-6,11,13H2,1-4H3. The normalized spacial score (nSPS) is 10.7. The summed E-state index contributed by atoms with van der Waals surface area (Å²) in [6.07, 6.45) is 2.51. The number of carbonyl (C=O) groups is 1. The number of benzene rings is 1. The lowest BCUT2D eigenvalue weighted by molar-refractivity contribution is 0.111. The van der Waals surface area contributed by atoms with Crippen LogP contribution in [0.5, 0.6) is 5.75 Å². The Balaban J connectivity index is 1.85. The number of aromatic nitrogens is 1. The van der Waals surface area contributed by atoms with Gasteiger partial charge in [-0.1, -0.05) is 12.1 Å². The third-order valence-electron chi connectivity index (χ3n) is 4.37. The van der Waals surface area contributed by atoms with Crippen LogP contribution in [0.3, 0.4) is 0 Å². The van der Waals surface area contributed by atoms with Crippen LogP contribution in [0.25, 0.3) is 0 Å². The zero-order valence-corrected chi connectivity index (χ0v) is 14.9. The highest BCUT2D eigenvalue weighted by atomic mass is 16.5. The number of nitrogens with zero attached hydrogens (tertiary/aromatic N) is 1. The Kier molecular flexibility index (Phi) is 6.50. The van der Waals surface area contributed by atoms with Crippen LogP contribution < -0.4 is 4.74 Å². The minimum atomic E-state index is 0.573. The van der Waals surface area contributed by atoms with Gasteiger partial charge in [-0.3, -0.25) is 9.78 Å². The first kappa shape index (κ1) is 18.1. The Morgan fingerprint density at radius 2 is 1.79 bits per heavy atom. The van der Waals surface area contributed by atoms with E-state index in [2.05, 4.69) is 4.98 Å². The number of hydrogen-bond acceptors (Lipinski definition) is 4. The van der Waals surface area contributed by atoms with E-state index in [1.807, 2.05) is 45.0 Å². The molecule has 2 aromatic rings. The lowest BCUT2D eigenvalue weighted by Crippen LogP contribution is -2.07. The van der Waals surface area contributed by atoms with E-state index in [9.17, 15) is 4.79 Å². The number of hydrogen-bond donors (Lipinski definition) is 0. The fourth-order valence-electron chi connectivity index (χ4n) is 2.64. The van der Waals surface area contributed by atoms with Gasteiger partial charge in [-0.05, 0) is 62.4 Å². The van der Waals surface area contributed by atoms with Gasteiger partial charge in [0.2, 0.25) is 0 Å². The summed E-state index contributed by atoms with van der Waals surface area (Å²) in [4.78, 5) is 15.9. The van der Waals surface area contributed by atoms with Gasteiger partial charge in [0.1, 0.15) is 5.75 Å². The van der Waals surface area contributed by atoms with Gasteiger partial charge in [0.05, 0.1) is 19.4 Å². The molecule has 0 aliphatic carbocycles. The molecular formula is C20H25NO3. The van der Waals surface area contributed by atoms with E-state index in [4.69, 9.17) is 9.47 Å². The van der Waals surface area contributed by atoms with Crippen molar-refractivity contribution in [3.8, 4) is 5.75 Å². The van der Waals surface area contributed by atoms with Crippen molar-refractivity contribution in [2.45, 2.75) is 40.2 Å². The van der Waals surface area contributed by atoms with E-state index in [1.54, 1.807) is 7.11 Å². The highest BCUT2D eigenvalue weighted by Gasteiger charge is 2.11. The quantitative estimate of drug-likeness (QED) is 0.543. The summed E-state index contributed by atoms with van der Waals surface area (Å²) >= 11 is 0. The predicted molar refractivity (Wildman–Crippen MR) is 94.8 cm³/mol. The molecule has 0 saturated carbocycles. The Morgan fingerprint density at radius 3 is 2.42 bits per heavy atom. The van der Waals surface area contributed by atoms with E-state index < -0.39 is 0 Å². The Morgan fingerprint density at radius 1 is 1.08 bits per heavy atom. The molecule has 0 bridgehead atoms. The Labute approximate surface area is 143 Å². The molecule has 0 aliphatic rings. The van der Waals surface area contributed by atoms with E-state index in [1.165, 1.54) is 0 Å². The first-order valence-corrected chi connectivity index (χ1v) is 8.19. The van der Waals surface area contributed by atoms with Gasteiger partial charge in [0, 0.05) is 17.9 Å². The molecule has 0 N–H and O–H groups in total. The number of aryl methyl sites for hydroxylation is 2. The number of carbonyl (C=O) groups excluding carboxylic acids is 1. The third-order valence-corrected chi connectivity index (χ3v) is 4.37. The second kappa shape index (κ2) is 8.60. The Hall–Kier alpha value is -2.20. The molecule has 1 aromatic carbocycles. The van der Waals surface area contributed by atoms with Gasteiger partial charge in [0.15, 0.2) is 6.29 Å². The van der Waals surface area contributed by atoms with Gasteiger partial charge >= 0.3 is 0 Å². The van der Waals surface area contributed by atoms with Crippen LogP contribution in [0.1, 0.15) is 44.9 Å². The van der Waals surface area contributed by atoms with Gasteiger partial charge in [0.25, 0.3) is 0 Å². The summed E-state index contributed by atoms with van der Waals surface area (Å²) in [5.41, 5.74) is 5.84. The minimum Gasteiger partial charge on any atom is -0.497 e. The summed E-state index contributed by atoms with van der Waals surface area (Å²) < 4.78 is 10.9. The number of rotatable bonds is 8. The van der Waals surface area contributed by atoms with E-state index in [-0.39, 0.29) is 0 Å². The average molecular weight is 327 g/mol. The monoisotopic (exact) mass is 327 g/mol. The SMILES string of the molecule is COc1ccc(COCCCc2nc(C)c(C)c(C)c2C=O)cc1. The molecule has 0 amide bonds. The molecule has 0 radical (unpaired) electrons. The number of ether oxygens (including phenoxy) is 2. The van der Waals surface area contributed by atoms with Crippen molar-refractivity contribution < 1.29 is 14.3 Å². The Bertz CT molecular complexity index is 693. The summed E-state index contributed by atoms with van der Waals surface area (Å²) in [7, 11) is 1.65. The minimum absolute atomic E-state index is 0.573. The molecule has 0 unspecified atom stereocenters. The zero-order valence-electron chi connectivity index (χ0n) is 14.9. The molecular weight excluding hydrogens is 302 g/mol. The summed E-state index contributed by atoms with van der Waals surface area (Å²) in [5.74, 6) is 0.844. The van der Waals surface area contributed by atoms with Crippen molar-refractivity contribution in [1.82, 2.24) is 4.98 Å². The molecule has 0 atom stereocenters. The molecule has 4 nitrogen and oxygen atoms in total. The van der Waals surface area contributed by atoms with Crippen LogP contribution in [-0.2, 0) is 17.8 Å². The fraction of sp³-hybridized carbons (Fsp3) is 0.400. The lowest BCUT2D eigenvalue weighted by Gasteiger charge is -2.12. The molecule has 0 aliphatic heterocycles. The van der Waals surface area contributed by atoms with Crippen molar-refractivity contribution >= 4 is 6.29 Å². The molecule has 0 saturated heterocycles. The summed E-state index contributed by atoms with van der Waals surface area (Å²) in [6, 6.07) is 7.85. The van der Waals surface area contributed by atoms with Crippen LogP contribution in [0, 0.1) is 20.8 Å². The molecule has 24 heavy (non-hydrogen) atoms. The predicted octanol–water partition coefficient (Wildman–Crippen LogP) is 3.98. The highest BCUT2D eigenvalue weighted by molar-refractivity contribution is 5.79. The second-order valence-corrected chi connectivity index (χ2v) is 5.93. The molecule has 128 valence electrons. The fourth-order valence-corrected chi connectivity index (χ4v) is 2.64. The van der Waals surface area contributed by atoms with Crippen LogP contribution in [-0.4, -0.2) is 25.0 Å². The number of aldehydes is 1. The van der Waals surface area contributed by atoms with E-state index in [0.29, 0.717) is 13.2 Å². The zero-order chi connectivity index (χ0) is 17.5. The molecule has 1 heterocycles.